The number of hydrogen-bond acceptors (Lipinski definition) is 11. The molecule has 0 unspecified atom stereocenters. The number of amides is 1. The summed E-state index contributed by atoms with van der Waals surface area (Å²) in [5, 5.41) is 43.2. The lowest BCUT2D eigenvalue weighted by molar-refractivity contribution is -0.349. The number of aliphatic hydroxyl groups excluding tert-OH is 4. The Labute approximate surface area is 168 Å². The summed E-state index contributed by atoms with van der Waals surface area (Å²) >= 11 is 0. The summed E-state index contributed by atoms with van der Waals surface area (Å²) in [5.41, 5.74) is 0. The molecule has 0 aromatic heterocycles. The fraction of sp³-hybridized carbons (Fsp3) is 0.941. The normalized spacial score (nSPS) is 43.2. The zero-order valence-corrected chi connectivity index (χ0v) is 16.8. The van der Waals surface area contributed by atoms with Crippen molar-refractivity contribution in [2.24, 2.45) is 0 Å². The molecule has 2 aliphatic heterocycles. The molecule has 0 aromatic carbocycles. The van der Waals surface area contributed by atoms with Crippen molar-refractivity contribution in [1.29, 1.82) is 0 Å². The molecule has 2 saturated heterocycles. The van der Waals surface area contributed by atoms with Gasteiger partial charge in [0.25, 0.3) is 0 Å². The lowest BCUT2D eigenvalue weighted by Gasteiger charge is -2.47. The molecule has 0 aliphatic carbocycles. The number of carbonyl (C=O) groups is 1. The van der Waals surface area contributed by atoms with Gasteiger partial charge in [-0.25, -0.2) is 0 Å². The third-order valence-electron chi connectivity index (χ3n) is 4.99. The molecule has 5 N–H and O–H groups in total. The summed E-state index contributed by atoms with van der Waals surface area (Å²) in [5.74, 6) is -0.411. The Balaban J connectivity index is 2.26. The van der Waals surface area contributed by atoms with Crippen molar-refractivity contribution in [1.82, 2.24) is 5.32 Å². The van der Waals surface area contributed by atoms with Gasteiger partial charge in [-0.05, 0) is 0 Å². The molecule has 1 amide bonds. The van der Waals surface area contributed by atoms with E-state index in [1.54, 1.807) is 0 Å². The topological polar surface area (TPSA) is 165 Å². The molecule has 2 heterocycles. The fourth-order valence-corrected chi connectivity index (χ4v) is 3.55. The van der Waals surface area contributed by atoms with Crippen molar-refractivity contribution in [3.63, 3.8) is 0 Å². The Morgan fingerprint density at radius 2 is 1.59 bits per heavy atom. The molecule has 10 atom stereocenters. The first kappa shape index (κ1) is 24.3. The molecule has 2 rings (SSSR count). The van der Waals surface area contributed by atoms with Crippen LogP contribution < -0.4 is 5.32 Å². The summed E-state index contributed by atoms with van der Waals surface area (Å²) in [6.07, 6.45) is -10.4. The lowest BCUT2D eigenvalue weighted by atomic mass is 9.95. The van der Waals surface area contributed by atoms with Crippen molar-refractivity contribution in [3.8, 4) is 0 Å². The summed E-state index contributed by atoms with van der Waals surface area (Å²) in [6, 6.07) is -0.954. The molecule has 0 aromatic rings. The number of nitrogens with one attached hydrogen (secondary N) is 1. The van der Waals surface area contributed by atoms with Gasteiger partial charge in [-0.15, -0.1) is 0 Å². The number of aliphatic hydroxyl groups is 4. The highest BCUT2D eigenvalue weighted by molar-refractivity contribution is 5.73. The molecular weight excluding hydrogens is 394 g/mol. The minimum Gasteiger partial charge on any atom is -0.394 e. The van der Waals surface area contributed by atoms with Gasteiger partial charge < -0.3 is 54.2 Å². The third-order valence-corrected chi connectivity index (χ3v) is 4.99. The van der Waals surface area contributed by atoms with Crippen LogP contribution in [0.15, 0.2) is 0 Å². The van der Waals surface area contributed by atoms with Gasteiger partial charge in [0.05, 0.1) is 13.2 Å². The van der Waals surface area contributed by atoms with E-state index in [0.29, 0.717) is 0 Å². The first-order valence-corrected chi connectivity index (χ1v) is 9.22. The average Bonchev–Trinajstić information content (AvgIpc) is 2.69. The van der Waals surface area contributed by atoms with Gasteiger partial charge in [-0.1, -0.05) is 0 Å². The number of carbonyl (C=O) groups excluding carboxylic acids is 1. The van der Waals surface area contributed by atoms with Gasteiger partial charge in [0.15, 0.2) is 12.6 Å². The van der Waals surface area contributed by atoms with E-state index >= 15 is 0 Å². The van der Waals surface area contributed by atoms with E-state index in [1.807, 2.05) is 0 Å². The van der Waals surface area contributed by atoms with E-state index in [9.17, 15) is 25.2 Å². The molecule has 2 fully saturated rings. The molecule has 29 heavy (non-hydrogen) atoms. The monoisotopic (exact) mass is 425 g/mol. The number of rotatable bonds is 8. The van der Waals surface area contributed by atoms with Crippen LogP contribution in [0.4, 0.5) is 0 Å². The van der Waals surface area contributed by atoms with E-state index in [0.717, 1.165) is 0 Å². The standard InChI is InChI=1S/C17H31NO11/c1-7(20)18-10-12(22)14(9(6-24-2)28-16(10)26-4)29-17-15(25-3)13(23)11(21)8(5-19)27-17/h8-17,19,21-23H,5-6H2,1-4H3,(H,18,20)/t8-,9-,10-,11-,12+,13-,14+,15-,16+,17-/m0/s1. The van der Waals surface area contributed by atoms with Gasteiger partial charge in [0, 0.05) is 28.3 Å². The first-order chi connectivity index (χ1) is 13.8. The Kier molecular flexibility index (Phi) is 9.15. The second-order valence-corrected chi connectivity index (χ2v) is 6.96. The van der Waals surface area contributed by atoms with Crippen molar-refractivity contribution < 1.29 is 53.6 Å². The molecule has 0 bridgehead atoms. The molecule has 12 nitrogen and oxygen atoms in total. The van der Waals surface area contributed by atoms with Crippen LogP contribution in [0.5, 0.6) is 0 Å². The molecule has 170 valence electrons. The molecular formula is C17H31NO11. The fourth-order valence-electron chi connectivity index (χ4n) is 3.55. The van der Waals surface area contributed by atoms with Crippen molar-refractivity contribution >= 4 is 5.91 Å². The maximum atomic E-state index is 11.6. The number of hydrogen-bond donors (Lipinski definition) is 5. The molecule has 0 spiro atoms. The largest absolute Gasteiger partial charge is 0.394 e. The zero-order valence-electron chi connectivity index (χ0n) is 16.8. The Hall–Kier alpha value is -0.930. The van der Waals surface area contributed by atoms with E-state index in [1.165, 1.54) is 28.3 Å². The Bertz CT molecular complexity index is 524. The second kappa shape index (κ2) is 10.9. The van der Waals surface area contributed by atoms with Crippen molar-refractivity contribution in [3.05, 3.63) is 0 Å². The maximum absolute atomic E-state index is 11.6. The second-order valence-electron chi connectivity index (χ2n) is 6.96. The molecule has 0 saturated carbocycles. The summed E-state index contributed by atoms with van der Waals surface area (Å²) < 4.78 is 32.7. The van der Waals surface area contributed by atoms with E-state index in [-0.39, 0.29) is 6.61 Å². The Morgan fingerprint density at radius 1 is 0.931 bits per heavy atom. The number of ether oxygens (including phenoxy) is 6. The van der Waals surface area contributed by atoms with Crippen molar-refractivity contribution in [2.75, 3.05) is 34.5 Å². The highest BCUT2D eigenvalue weighted by Gasteiger charge is 2.51. The zero-order chi connectivity index (χ0) is 21.7. The first-order valence-electron chi connectivity index (χ1n) is 9.22. The van der Waals surface area contributed by atoms with E-state index in [4.69, 9.17) is 28.4 Å². The maximum Gasteiger partial charge on any atom is 0.217 e. The quantitative estimate of drug-likeness (QED) is 0.265. The van der Waals surface area contributed by atoms with Crippen LogP contribution in [0.1, 0.15) is 6.92 Å². The third kappa shape index (κ3) is 5.41. The predicted molar refractivity (Wildman–Crippen MR) is 94.6 cm³/mol. The van der Waals surface area contributed by atoms with Crippen LogP contribution in [0, 0.1) is 0 Å². The smallest absolute Gasteiger partial charge is 0.217 e. The van der Waals surface area contributed by atoms with E-state index < -0.39 is 73.9 Å². The summed E-state index contributed by atoms with van der Waals surface area (Å²) in [4.78, 5) is 11.6. The Morgan fingerprint density at radius 3 is 2.10 bits per heavy atom. The molecule has 0 radical (unpaired) electrons. The van der Waals surface area contributed by atoms with Gasteiger partial charge in [-0.3, -0.25) is 4.79 Å². The molecule has 12 heteroatoms. The van der Waals surface area contributed by atoms with Crippen LogP contribution in [-0.4, -0.2) is 122 Å². The number of methoxy groups -OCH3 is 3. The predicted octanol–water partition coefficient (Wildman–Crippen LogP) is -3.29. The van der Waals surface area contributed by atoms with Crippen LogP contribution >= 0.6 is 0 Å². The van der Waals surface area contributed by atoms with Gasteiger partial charge in [-0.2, -0.15) is 0 Å². The van der Waals surface area contributed by atoms with Crippen molar-refractivity contribution in [2.45, 2.75) is 68.3 Å². The summed E-state index contributed by atoms with van der Waals surface area (Å²) in [6.45, 7) is 0.735. The highest BCUT2D eigenvalue weighted by atomic mass is 16.7. The van der Waals surface area contributed by atoms with E-state index in [2.05, 4.69) is 5.32 Å². The highest BCUT2D eigenvalue weighted by Crippen LogP contribution is 2.30. The summed E-state index contributed by atoms with van der Waals surface area (Å²) in [7, 11) is 4.10. The lowest BCUT2D eigenvalue weighted by Crippen LogP contribution is -2.67. The minimum absolute atomic E-state index is 0.0212. The van der Waals surface area contributed by atoms with Crippen LogP contribution in [0.2, 0.25) is 0 Å². The van der Waals surface area contributed by atoms with Crippen LogP contribution in [0.3, 0.4) is 0 Å². The van der Waals surface area contributed by atoms with Gasteiger partial charge in [0.1, 0.15) is 48.8 Å². The minimum atomic E-state index is -1.41. The average molecular weight is 425 g/mol. The molecule has 2 aliphatic rings. The van der Waals surface area contributed by atoms with Gasteiger partial charge in [0.2, 0.25) is 5.91 Å². The SMILES string of the molecule is COC[C@@H]1O[C@@H](OC)[C@@H](NC(C)=O)[C@@H](O)[C@@H]1O[C@@H]1O[C@@H](CO)[C@H](O)[C@H](O)[C@@H]1OC. The van der Waals surface area contributed by atoms with Crippen LogP contribution in [0.25, 0.3) is 0 Å². The van der Waals surface area contributed by atoms with Gasteiger partial charge >= 0.3 is 0 Å². The van der Waals surface area contributed by atoms with Crippen LogP contribution in [-0.2, 0) is 33.2 Å².